The highest BCUT2D eigenvalue weighted by atomic mass is 16.2. The Labute approximate surface area is 249 Å². The maximum absolute atomic E-state index is 15.0. The molecule has 1 amide bonds. The number of amides is 1. The first-order valence-corrected chi connectivity index (χ1v) is 15.0. The number of nitrogens with one attached hydrogen (secondary N) is 1. The van der Waals surface area contributed by atoms with Crippen molar-refractivity contribution < 1.29 is 14.4 Å². The molecule has 216 valence electrons. The number of anilines is 2. The summed E-state index contributed by atoms with van der Waals surface area (Å²) in [6.45, 7) is 14.2. The van der Waals surface area contributed by atoms with Gasteiger partial charge in [0.1, 0.15) is 11.5 Å². The Kier molecular flexibility index (Phi) is 6.56. The Morgan fingerprint density at radius 1 is 0.976 bits per heavy atom. The molecule has 1 N–H and O–H groups in total. The molecular weight excluding hydrogens is 520 g/mol. The summed E-state index contributed by atoms with van der Waals surface area (Å²) in [6.07, 6.45) is 3.03. The molecule has 3 aromatic carbocycles. The van der Waals surface area contributed by atoms with Crippen molar-refractivity contribution in [2.45, 2.75) is 72.4 Å². The summed E-state index contributed by atoms with van der Waals surface area (Å²) in [5.74, 6) is -0.875. The fraction of sp³-hybridized carbons (Fsp3) is 0.378. The number of allylic oxidation sites excluding steroid dienone is 1. The number of Topliss-reactive ketones (excluding diaryl/α,β-unsaturated/α-hetero) is 2. The molecule has 0 saturated carbocycles. The van der Waals surface area contributed by atoms with Crippen LogP contribution in [-0.4, -0.2) is 29.6 Å². The van der Waals surface area contributed by atoms with Gasteiger partial charge < -0.3 is 10.2 Å². The minimum atomic E-state index is -1.28. The zero-order chi connectivity index (χ0) is 30.1. The van der Waals surface area contributed by atoms with Gasteiger partial charge in [0.25, 0.3) is 0 Å². The second-order valence-electron chi connectivity index (χ2n) is 13.8. The van der Waals surface area contributed by atoms with Gasteiger partial charge in [0.15, 0.2) is 11.6 Å². The number of carbonyl (C=O) groups excluding carboxylic acids is 3. The molecule has 4 atom stereocenters. The third kappa shape index (κ3) is 4.08. The molecule has 3 aliphatic heterocycles. The maximum Gasteiger partial charge on any atom is 0.238 e. The van der Waals surface area contributed by atoms with Crippen LogP contribution in [-0.2, 0) is 21.4 Å². The zero-order valence-corrected chi connectivity index (χ0v) is 25.6. The fourth-order valence-electron chi connectivity index (χ4n) is 7.45. The summed E-state index contributed by atoms with van der Waals surface area (Å²) < 4.78 is 0. The van der Waals surface area contributed by atoms with E-state index in [0.29, 0.717) is 17.2 Å². The zero-order valence-electron chi connectivity index (χ0n) is 25.6. The number of carbonyl (C=O) groups is 3. The van der Waals surface area contributed by atoms with Crippen LogP contribution in [0.1, 0.15) is 74.2 Å². The molecule has 0 radical (unpaired) electrons. The van der Waals surface area contributed by atoms with E-state index in [1.165, 1.54) is 0 Å². The van der Waals surface area contributed by atoms with Gasteiger partial charge in [0.2, 0.25) is 5.91 Å². The van der Waals surface area contributed by atoms with E-state index in [1.54, 1.807) is 0 Å². The molecule has 3 aromatic rings. The predicted molar refractivity (Wildman–Crippen MR) is 169 cm³/mol. The largest absolute Gasteiger partial charge is 0.352 e. The van der Waals surface area contributed by atoms with Crippen molar-refractivity contribution in [3.63, 3.8) is 0 Å². The molecule has 5 heteroatoms. The molecule has 1 fully saturated rings. The van der Waals surface area contributed by atoms with Gasteiger partial charge in [0, 0.05) is 27.9 Å². The molecule has 1 saturated heterocycles. The van der Waals surface area contributed by atoms with Gasteiger partial charge in [-0.15, -0.1) is 0 Å². The predicted octanol–water partition coefficient (Wildman–Crippen LogP) is 7.17. The molecular formula is C37H40N2O3. The van der Waals surface area contributed by atoms with Crippen LogP contribution in [0.15, 0.2) is 72.8 Å². The van der Waals surface area contributed by atoms with Crippen LogP contribution in [0.5, 0.6) is 0 Å². The minimum absolute atomic E-state index is 0.0455. The lowest BCUT2D eigenvalue weighted by Gasteiger charge is -2.40. The number of nitrogens with zero attached hydrogens (tertiary/aromatic N) is 1. The summed E-state index contributed by atoms with van der Waals surface area (Å²) >= 11 is 0. The second kappa shape index (κ2) is 9.79. The monoisotopic (exact) mass is 560 g/mol. The van der Waals surface area contributed by atoms with E-state index in [-0.39, 0.29) is 17.5 Å². The fourth-order valence-corrected chi connectivity index (χ4v) is 7.45. The van der Waals surface area contributed by atoms with Crippen LogP contribution in [0, 0.1) is 24.2 Å². The van der Waals surface area contributed by atoms with Gasteiger partial charge in [-0.25, -0.2) is 0 Å². The van der Waals surface area contributed by atoms with Crippen LogP contribution < -0.4 is 10.2 Å². The van der Waals surface area contributed by atoms with E-state index in [1.807, 2.05) is 75.4 Å². The number of aryl methyl sites for hydroxylation is 1. The van der Waals surface area contributed by atoms with Gasteiger partial charge in [0.05, 0.1) is 12.0 Å². The first-order valence-electron chi connectivity index (χ1n) is 15.0. The van der Waals surface area contributed by atoms with Crippen LogP contribution >= 0.6 is 0 Å². The summed E-state index contributed by atoms with van der Waals surface area (Å²) in [4.78, 5) is 46.2. The summed E-state index contributed by atoms with van der Waals surface area (Å²) in [6, 6.07) is 20.3. The summed E-state index contributed by atoms with van der Waals surface area (Å²) in [7, 11) is 0. The van der Waals surface area contributed by atoms with Crippen molar-refractivity contribution in [2.24, 2.45) is 17.3 Å². The molecule has 0 aliphatic carbocycles. The number of fused-ring (bicyclic) bond motifs is 6. The van der Waals surface area contributed by atoms with Gasteiger partial charge in [-0.3, -0.25) is 14.4 Å². The van der Waals surface area contributed by atoms with Gasteiger partial charge in [-0.05, 0) is 61.1 Å². The lowest BCUT2D eigenvalue weighted by atomic mass is 9.63. The Morgan fingerprint density at radius 3 is 2.33 bits per heavy atom. The van der Waals surface area contributed by atoms with E-state index in [0.717, 1.165) is 39.9 Å². The number of benzene rings is 3. The van der Waals surface area contributed by atoms with Crippen molar-refractivity contribution in [3.8, 4) is 0 Å². The second-order valence-corrected chi connectivity index (χ2v) is 13.8. The third-order valence-electron chi connectivity index (χ3n) is 9.30. The lowest BCUT2D eigenvalue weighted by molar-refractivity contribution is -0.128. The Hall–Kier alpha value is -3.99. The molecule has 5 nitrogen and oxygen atoms in total. The average molecular weight is 561 g/mol. The first-order chi connectivity index (χ1) is 19.9. The van der Waals surface area contributed by atoms with Gasteiger partial charge >= 0.3 is 0 Å². The molecule has 0 aromatic heterocycles. The van der Waals surface area contributed by atoms with E-state index in [9.17, 15) is 14.4 Å². The Bertz CT molecular complexity index is 1640. The molecule has 1 spiro atoms. The van der Waals surface area contributed by atoms with E-state index >= 15 is 0 Å². The SMILES string of the molecule is CC1=C[C@@H]2N(c3ccc(C)cc31)[C@H](C(=O)C(C)(C)C)[C@@H](C(=O)c1ccc(CC(C)C)cc1)[C@]21C(=O)Nc2ccccc21. The van der Waals surface area contributed by atoms with Crippen LogP contribution in [0.4, 0.5) is 11.4 Å². The van der Waals surface area contributed by atoms with E-state index in [2.05, 4.69) is 56.1 Å². The van der Waals surface area contributed by atoms with Crippen molar-refractivity contribution in [3.05, 3.63) is 101 Å². The molecule has 0 bridgehead atoms. The number of hydrogen-bond donors (Lipinski definition) is 1. The van der Waals surface area contributed by atoms with Gasteiger partial charge in [-0.1, -0.05) is 94.8 Å². The highest BCUT2D eigenvalue weighted by Crippen LogP contribution is 2.59. The molecule has 3 aliphatic rings. The van der Waals surface area contributed by atoms with Crippen molar-refractivity contribution >= 4 is 34.4 Å². The molecule has 6 rings (SSSR count). The van der Waals surface area contributed by atoms with E-state index < -0.39 is 28.8 Å². The highest BCUT2D eigenvalue weighted by molar-refractivity contribution is 6.17. The van der Waals surface area contributed by atoms with Crippen LogP contribution in [0.3, 0.4) is 0 Å². The minimum Gasteiger partial charge on any atom is -0.352 e. The van der Waals surface area contributed by atoms with E-state index in [4.69, 9.17) is 0 Å². The smallest absolute Gasteiger partial charge is 0.238 e. The number of rotatable bonds is 5. The third-order valence-corrected chi connectivity index (χ3v) is 9.30. The number of ketones is 2. The summed E-state index contributed by atoms with van der Waals surface area (Å²) in [5, 5.41) is 3.12. The quantitative estimate of drug-likeness (QED) is 0.336. The lowest BCUT2D eigenvalue weighted by Crippen LogP contribution is -2.51. The molecule has 3 heterocycles. The van der Waals surface area contributed by atoms with Crippen molar-refractivity contribution in [1.29, 1.82) is 0 Å². The Balaban J connectivity index is 1.64. The van der Waals surface area contributed by atoms with Crippen molar-refractivity contribution in [1.82, 2.24) is 0 Å². The highest BCUT2D eigenvalue weighted by Gasteiger charge is 2.71. The molecule has 0 unspecified atom stereocenters. The Morgan fingerprint density at radius 2 is 1.67 bits per heavy atom. The topological polar surface area (TPSA) is 66.5 Å². The van der Waals surface area contributed by atoms with Crippen LogP contribution in [0.25, 0.3) is 5.57 Å². The first kappa shape index (κ1) is 28.1. The maximum atomic E-state index is 15.0. The van der Waals surface area contributed by atoms with Crippen molar-refractivity contribution in [2.75, 3.05) is 10.2 Å². The normalized spacial score (nSPS) is 24.3. The number of para-hydroxylation sites is 1. The number of hydrogen-bond acceptors (Lipinski definition) is 4. The standard InChI is InChI=1S/C37H40N2O3/c1-21(2)18-24-13-15-25(16-14-24)33(40)31-32(34(41)36(5,6)7)39-29-17-12-22(3)19-26(29)23(4)20-30(39)37(31)27-10-8-9-11-28(27)38-35(37)42/h8-17,19-21,30-32H,18H2,1-7H3,(H,38,42)/t30-,31-,32-,37+/m0/s1. The van der Waals surface area contributed by atoms with Crippen LogP contribution in [0.2, 0.25) is 0 Å². The molecule has 42 heavy (non-hydrogen) atoms. The average Bonchev–Trinajstić information content (AvgIpc) is 3.40. The summed E-state index contributed by atoms with van der Waals surface area (Å²) in [5.41, 5.74) is 5.24. The van der Waals surface area contributed by atoms with Gasteiger partial charge in [-0.2, -0.15) is 0 Å².